The van der Waals surface area contributed by atoms with Crippen molar-refractivity contribution < 1.29 is 4.74 Å². The molecule has 1 rings (SSSR count). The van der Waals surface area contributed by atoms with E-state index in [1.54, 1.807) is 0 Å². The van der Waals surface area contributed by atoms with Gasteiger partial charge in [0.2, 0.25) is 0 Å². The van der Waals surface area contributed by atoms with E-state index in [1.807, 2.05) is 7.05 Å². The van der Waals surface area contributed by atoms with Crippen LogP contribution in [0.1, 0.15) is 45.2 Å². The van der Waals surface area contributed by atoms with Gasteiger partial charge in [-0.1, -0.05) is 45.0 Å². The topological polar surface area (TPSA) is 48.9 Å². The number of benzene rings is 1. The molecular weight excluding hydrogens is 451 g/mol. The van der Waals surface area contributed by atoms with Gasteiger partial charge in [-0.25, -0.2) is 0 Å². The molecule has 2 N–H and O–H groups in total. The van der Waals surface area contributed by atoms with Gasteiger partial charge in [0.15, 0.2) is 5.96 Å². The molecule has 0 aliphatic heterocycles. The summed E-state index contributed by atoms with van der Waals surface area (Å²) >= 11 is 0. The molecule has 1 atom stereocenters. The molecule has 1 aromatic rings. The van der Waals surface area contributed by atoms with Gasteiger partial charge in [0.05, 0.1) is 6.10 Å². The van der Waals surface area contributed by atoms with Crippen LogP contribution in [0.3, 0.4) is 0 Å². The van der Waals surface area contributed by atoms with Crippen LogP contribution in [-0.4, -0.2) is 50.8 Å². The Bertz CT molecular complexity index is 537. The number of guanidine groups is 1. The van der Waals surface area contributed by atoms with Crippen molar-refractivity contribution in [2.24, 2.45) is 10.9 Å². The summed E-state index contributed by atoms with van der Waals surface area (Å²) in [7, 11) is 3.95. The molecule has 0 saturated heterocycles. The first-order valence-corrected chi connectivity index (χ1v) is 9.82. The summed E-state index contributed by atoms with van der Waals surface area (Å²) < 4.78 is 5.80. The normalized spacial score (nSPS) is 12.8. The third kappa shape index (κ3) is 10.9. The van der Waals surface area contributed by atoms with Gasteiger partial charge in [-0.2, -0.15) is 0 Å². The zero-order valence-corrected chi connectivity index (χ0v) is 20.2. The van der Waals surface area contributed by atoms with Crippen LogP contribution in [-0.2, 0) is 17.8 Å². The molecule has 0 aromatic heterocycles. The number of aliphatic imine (C=N–C) groups is 1. The second kappa shape index (κ2) is 15.1. The van der Waals surface area contributed by atoms with E-state index in [0.717, 1.165) is 45.2 Å². The van der Waals surface area contributed by atoms with Crippen LogP contribution in [0.25, 0.3) is 0 Å². The van der Waals surface area contributed by atoms with Crippen molar-refractivity contribution in [3.63, 3.8) is 0 Å². The number of nitrogens with one attached hydrogen (secondary N) is 2. The van der Waals surface area contributed by atoms with Crippen molar-refractivity contribution in [1.29, 1.82) is 0 Å². The molecular formula is C21H39IN4O. The van der Waals surface area contributed by atoms with E-state index in [-0.39, 0.29) is 30.1 Å². The highest BCUT2D eigenvalue weighted by Gasteiger charge is 2.13. The summed E-state index contributed by atoms with van der Waals surface area (Å²) in [5, 5.41) is 6.79. The van der Waals surface area contributed by atoms with Gasteiger partial charge in [0, 0.05) is 33.3 Å². The van der Waals surface area contributed by atoms with Crippen molar-refractivity contribution >= 4 is 29.9 Å². The van der Waals surface area contributed by atoms with Crippen molar-refractivity contribution in [3.8, 4) is 0 Å². The average Bonchev–Trinajstić information content (AvgIpc) is 2.63. The first-order chi connectivity index (χ1) is 12.5. The van der Waals surface area contributed by atoms with Crippen molar-refractivity contribution in [2.45, 2.75) is 53.3 Å². The lowest BCUT2D eigenvalue weighted by atomic mass is 10.0. The van der Waals surface area contributed by atoms with Gasteiger partial charge in [0.1, 0.15) is 0 Å². The van der Waals surface area contributed by atoms with Crippen LogP contribution < -0.4 is 10.6 Å². The van der Waals surface area contributed by atoms with E-state index in [9.17, 15) is 0 Å². The molecule has 0 radical (unpaired) electrons. The summed E-state index contributed by atoms with van der Waals surface area (Å²) in [5.41, 5.74) is 2.61. The number of rotatable bonds is 11. The molecule has 156 valence electrons. The molecule has 1 aromatic carbocycles. The Hall–Kier alpha value is -0.860. The summed E-state index contributed by atoms with van der Waals surface area (Å²) in [4.78, 5) is 6.62. The van der Waals surface area contributed by atoms with Crippen molar-refractivity contribution in [3.05, 3.63) is 35.4 Å². The summed E-state index contributed by atoms with van der Waals surface area (Å²) in [6.45, 7) is 13.0. The third-order valence-electron chi connectivity index (χ3n) is 4.51. The molecule has 0 spiro atoms. The maximum absolute atomic E-state index is 5.80. The number of ether oxygens (including phenoxy) is 1. The largest absolute Gasteiger partial charge is 0.378 e. The van der Waals surface area contributed by atoms with Crippen LogP contribution in [0.15, 0.2) is 29.3 Å². The van der Waals surface area contributed by atoms with E-state index in [0.29, 0.717) is 5.92 Å². The van der Waals surface area contributed by atoms with E-state index in [1.165, 1.54) is 11.1 Å². The minimum atomic E-state index is 0. The second-order valence-corrected chi connectivity index (χ2v) is 7.03. The third-order valence-corrected chi connectivity index (χ3v) is 4.51. The van der Waals surface area contributed by atoms with Crippen molar-refractivity contribution in [1.82, 2.24) is 15.5 Å². The molecule has 0 aliphatic rings. The Morgan fingerprint density at radius 1 is 1.19 bits per heavy atom. The number of nitrogens with zero attached hydrogens (tertiary/aromatic N) is 2. The summed E-state index contributed by atoms with van der Waals surface area (Å²) in [6.07, 6.45) is 1.27. The quantitative estimate of drug-likeness (QED) is 0.281. The minimum absolute atomic E-state index is 0. The SMILES string of the molecule is CCOC(CCNC(=NC)NCc1cccc(CN(C)CC)c1)C(C)C.I. The Labute approximate surface area is 183 Å². The number of halogens is 1. The first-order valence-electron chi connectivity index (χ1n) is 9.82. The number of hydrogen-bond donors (Lipinski definition) is 2. The second-order valence-electron chi connectivity index (χ2n) is 7.03. The monoisotopic (exact) mass is 490 g/mol. The van der Waals surface area contributed by atoms with E-state index < -0.39 is 0 Å². The Morgan fingerprint density at radius 3 is 2.48 bits per heavy atom. The molecule has 0 aliphatic carbocycles. The zero-order valence-electron chi connectivity index (χ0n) is 17.9. The molecule has 27 heavy (non-hydrogen) atoms. The Kier molecular flexibility index (Phi) is 14.6. The first kappa shape index (κ1) is 26.1. The van der Waals surface area contributed by atoms with Gasteiger partial charge in [-0.05, 0) is 44.0 Å². The molecule has 0 amide bonds. The van der Waals surface area contributed by atoms with Gasteiger partial charge in [-0.15, -0.1) is 24.0 Å². The smallest absolute Gasteiger partial charge is 0.191 e. The van der Waals surface area contributed by atoms with E-state index >= 15 is 0 Å². The average molecular weight is 490 g/mol. The molecule has 0 heterocycles. The van der Waals surface area contributed by atoms with E-state index in [4.69, 9.17) is 4.74 Å². The molecule has 0 fully saturated rings. The predicted molar refractivity (Wildman–Crippen MR) is 127 cm³/mol. The minimum Gasteiger partial charge on any atom is -0.378 e. The highest BCUT2D eigenvalue weighted by Crippen LogP contribution is 2.10. The Morgan fingerprint density at radius 2 is 1.89 bits per heavy atom. The van der Waals surface area contributed by atoms with Gasteiger partial charge in [0.25, 0.3) is 0 Å². The van der Waals surface area contributed by atoms with Gasteiger partial charge >= 0.3 is 0 Å². The summed E-state index contributed by atoms with van der Waals surface area (Å²) in [5.74, 6) is 1.36. The highest BCUT2D eigenvalue weighted by molar-refractivity contribution is 14.0. The standard InChI is InChI=1S/C21H38N4O.HI/c1-7-25(6)16-19-11-9-10-18(14-19)15-24-21(22-5)23-13-12-20(17(3)4)26-8-2;/h9-11,14,17,20H,7-8,12-13,15-16H2,1-6H3,(H2,22,23,24);1H. The molecule has 0 bridgehead atoms. The van der Waals surface area contributed by atoms with Crippen LogP contribution in [0, 0.1) is 5.92 Å². The van der Waals surface area contributed by atoms with Crippen molar-refractivity contribution in [2.75, 3.05) is 33.8 Å². The molecule has 1 unspecified atom stereocenters. The van der Waals surface area contributed by atoms with Crippen LogP contribution in [0.5, 0.6) is 0 Å². The predicted octanol–water partition coefficient (Wildman–Crippen LogP) is 3.87. The number of hydrogen-bond acceptors (Lipinski definition) is 3. The molecule has 5 nitrogen and oxygen atoms in total. The lowest BCUT2D eigenvalue weighted by Gasteiger charge is -2.21. The van der Waals surface area contributed by atoms with Gasteiger partial charge in [-0.3, -0.25) is 4.99 Å². The fraction of sp³-hybridized carbons (Fsp3) is 0.667. The molecule has 0 saturated carbocycles. The maximum Gasteiger partial charge on any atom is 0.191 e. The van der Waals surface area contributed by atoms with E-state index in [2.05, 4.69) is 79.5 Å². The fourth-order valence-electron chi connectivity index (χ4n) is 2.82. The van der Waals surface area contributed by atoms with Crippen LogP contribution >= 0.6 is 24.0 Å². The van der Waals surface area contributed by atoms with Crippen LogP contribution in [0.2, 0.25) is 0 Å². The van der Waals surface area contributed by atoms with Gasteiger partial charge < -0.3 is 20.3 Å². The molecule has 6 heteroatoms. The zero-order chi connectivity index (χ0) is 19.4. The summed E-state index contributed by atoms with van der Waals surface area (Å²) in [6, 6.07) is 8.72. The lowest BCUT2D eigenvalue weighted by Crippen LogP contribution is -2.39. The highest BCUT2D eigenvalue weighted by atomic mass is 127. The fourth-order valence-corrected chi connectivity index (χ4v) is 2.82. The maximum atomic E-state index is 5.80. The Balaban J connectivity index is 0.00000676. The van der Waals surface area contributed by atoms with Crippen LogP contribution in [0.4, 0.5) is 0 Å². The lowest BCUT2D eigenvalue weighted by molar-refractivity contribution is 0.0258.